The molecule has 0 unspecified atom stereocenters. The zero-order chi connectivity index (χ0) is 23.5. The molecule has 0 aliphatic rings. The van der Waals surface area contributed by atoms with Gasteiger partial charge in [-0.05, 0) is 37.6 Å². The summed E-state index contributed by atoms with van der Waals surface area (Å²) in [4.78, 5) is 10.2. The first-order valence-electron chi connectivity index (χ1n) is 9.20. The van der Waals surface area contributed by atoms with Crippen LogP contribution < -0.4 is 10.1 Å². The Hall–Kier alpha value is -3.14. The highest BCUT2D eigenvalue weighted by Gasteiger charge is 2.23. The lowest BCUT2D eigenvalue weighted by molar-refractivity contribution is -0.385. The van der Waals surface area contributed by atoms with Crippen molar-refractivity contribution in [1.82, 2.24) is 0 Å². The molecule has 3 rings (SSSR count). The van der Waals surface area contributed by atoms with Gasteiger partial charge in [0.25, 0.3) is 15.7 Å². The SMILES string of the molecule is Cc1ccc(NS(=O)(=O)c2cc([N+](=O)[O-])ccc2NN=Cc2cccc(Cl)c2Cl)c(C)c1. The molecule has 0 spiro atoms. The summed E-state index contributed by atoms with van der Waals surface area (Å²) in [6.45, 7) is 3.65. The van der Waals surface area contributed by atoms with Gasteiger partial charge in [0.2, 0.25) is 0 Å². The van der Waals surface area contributed by atoms with Gasteiger partial charge < -0.3 is 0 Å². The fraction of sp³-hybridized carbons (Fsp3) is 0.0952. The molecular weight excluding hydrogens is 475 g/mol. The van der Waals surface area contributed by atoms with Gasteiger partial charge in [-0.1, -0.05) is 53.0 Å². The van der Waals surface area contributed by atoms with Crippen LogP contribution in [0.25, 0.3) is 0 Å². The number of benzene rings is 3. The van der Waals surface area contributed by atoms with Crippen molar-refractivity contribution in [3.05, 3.63) is 91.4 Å². The third-order valence-electron chi connectivity index (χ3n) is 4.46. The third kappa shape index (κ3) is 5.37. The number of non-ortho nitro benzene ring substituents is 1. The monoisotopic (exact) mass is 492 g/mol. The van der Waals surface area contributed by atoms with Gasteiger partial charge >= 0.3 is 0 Å². The first kappa shape index (κ1) is 23.5. The van der Waals surface area contributed by atoms with E-state index in [2.05, 4.69) is 15.2 Å². The maximum Gasteiger partial charge on any atom is 0.270 e. The Kier molecular flexibility index (Phi) is 7.02. The van der Waals surface area contributed by atoms with E-state index in [-0.39, 0.29) is 21.3 Å². The van der Waals surface area contributed by atoms with Crippen LogP contribution in [0.5, 0.6) is 0 Å². The van der Waals surface area contributed by atoms with Crippen molar-refractivity contribution < 1.29 is 13.3 Å². The van der Waals surface area contributed by atoms with Crippen LogP contribution in [0.2, 0.25) is 10.0 Å². The molecule has 3 aromatic rings. The van der Waals surface area contributed by atoms with E-state index in [1.165, 1.54) is 18.3 Å². The summed E-state index contributed by atoms with van der Waals surface area (Å²) in [5.41, 5.74) is 4.83. The van der Waals surface area contributed by atoms with E-state index in [0.29, 0.717) is 21.8 Å². The summed E-state index contributed by atoms with van der Waals surface area (Å²) in [5.74, 6) is 0. The van der Waals surface area contributed by atoms with Gasteiger partial charge in [0.15, 0.2) is 0 Å². The minimum absolute atomic E-state index is 0.0438. The van der Waals surface area contributed by atoms with Crippen LogP contribution in [0.3, 0.4) is 0 Å². The molecule has 2 N–H and O–H groups in total. The minimum Gasteiger partial charge on any atom is -0.279 e. The van der Waals surface area contributed by atoms with Gasteiger partial charge in [0, 0.05) is 17.7 Å². The summed E-state index contributed by atoms with van der Waals surface area (Å²) < 4.78 is 28.7. The van der Waals surface area contributed by atoms with Crippen molar-refractivity contribution in [2.24, 2.45) is 5.10 Å². The first-order valence-corrected chi connectivity index (χ1v) is 11.4. The van der Waals surface area contributed by atoms with Crippen LogP contribution in [0, 0.1) is 24.0 Å². The van der Waals surface area contributed by atoms with Crippen LogP contribution in [-0.4, -0.2) is 19.6 Å². The Morgan fingerprint density at radius 3 is 2.44 bits per heavy atom. The zero-order valence-corrected chi connectivity index (χ0v) is 19.3. The van der Waals surface area contributed by atoms with E-state index < -0.39 is 14.9 Å². The highest BCUT2D eigenvalue weighted by molar-refractivity contribution is 7.92. The van der Waals surface area contributed by atoms with Gasteiger partial charge in [-0.3, -0.25) is 20.3 Å². The van der Waals surface area contributed by atoms with Gasteiger partial charge in [-0.15, -0.1) is 0 Å². The Morgan fingerprint density at radius 1 is 1.03 bits per heavy atom. The Morgan fingerprint density at radius 2 is 1.75 bits per heavy atom. The van der Waals surface area contributed by atoms with Crippen LogP contribution in [-0.2, 0) is 10.0 Å². The molecule has 0 amide bonds. The quantitative estimate of drug-likeness (QED) is 0.247. The molecule has 8 nitrogen and oxygen atoms in total. The number of anilines is 2. The lowest BCUT2D eigenvalue weighted by Gasteiger charge is -2.14. The van der Waals surface area contributed by atoms with Gasteiger partial charge in [-0.2, -0.15) is 5.10 Å². The largest absolute Gasteiger partial charge is 0.279 e. The average Bonchev–Trinajstić information content (AvgIpc) is 2.73. The molecule has 0 aliphatic heterocycles. The number of hydrogen-bond donors (Lipinski definition) is 2. The van der Waals surface area contributed by atoms with Gasteiger partial charge in [0.1, 0.15) is 4.90 Å². The second kappa shape index (κ2) is 9.56. The smallest absolute Gasteiger partial charge is 0.270 e. The summed E-state index contributed by atoms with van der Waals surface area (Å²) in [5, 5.41) is 15.9. The number of sulfonamides is 1. The highest BCUT2D eigenvalue weighted by Crippen LogP contribution is 2.30. The Balaban J connectivity index is 1.98. The van der Waals surface area contributed by atoms with E-state index in [1.54, 1.807) is 37.3 Å². The number of nitrogens with one attached hydrogen (secondary N) is 2. The van der Waals surface area contributed by atoms with E-state index in [0.717, 1.165) is 11.6 Å². The van der Waals surface area contributed by atoms with Crippen molar-refractivity contribution in [2.45, 2.75) is 18.7 Å². The number of halogens is 2. The van der Waals surface area contributed by atoms with E-state index in [9.17, 15) is 18.5 Å². The molecule has 3 aromatic carbocycles. The molecule has 32 heavy (non-hydrogen) atoms. The number of nitro groups is 1. The van der Waals surface area contributed by atoms with Crippen molar-refractivity contribution in [3.8, 4) is 0 Å². The molecular formula is C21H18Cl2N4O4S. The lowest BCUT2D eigenvalue weighted by Crippen LogP contribution is -2.16. The molecule has 0 radical (unpaired) electrons. The Bertz CT molecular complexity index is 1330. The lowest BCUT2D eigenvalue weighted by atomic mass is 10.1. The van der Waals surface area contributed by atoms with Crippen molar-refractivity contribution >= 4 is 56.5 Å². The average molecular weight is 493 g/mol. The molecule has 166 valence electrons. The van der Waals surface area contributed by atoms with Crippen LogP contribution >= 0.6 is 23.2 Å². The molecule has 0 saturated heterocycles. The maximum absolute atomic E-state index is 13.1. The van der Waals surface area contributed by atoms with Crippen molar-refractivity contribution in [2.75, 3.05) is 10.1 Å². The number of hydrogen-bond acceptors (Lipinski definition) is 6. The maximum atomic E-state index is 13.1. The normalized spacial score (nSPS) is 11.5. The fourth-order valence-electron chi connectivity index (χ4n) is 2.86. The molecule has 11 heteroatoms. The molecule has 0 atom stereocenters. The minimum atomic E-state index is -4.18. The molecule has 0 fully saturated rings. The van der Waals surface area contributed by atoms with Crippen LogP contribution in [0.4, 0.5) is 17.1 Å². The molecule has 0 aliphatic carbocycles. The number of hydrazone groups is 1. The van der Waals surface area contributed by atoms with Crippen molar-refractivity contribution in [1.29, 1.82) is 0 Å². The topological polar surface area (TPSA) is 114 Å². The highest BCUT2D eigenvalue weighted by atomic mass is 35.5. The number of nitro benzene ring substituents is 1. The zero-order valence-electron chi connectivity index (χ0n) is 17.0. The number of nitrogens with zero attached hydrogens (tertiary/aromatic N) is 2. The fourth-order valence-corrected chi connectivity index (χ4v) is 4.52. The molecule has 0 heterocycles. The summed E-state index contributed by atoms with van der Waals surface area (Å²) >= 11 is 12.1. The predicted octanol–water partition coefficient (Wildman–Crippen LogP) is 5.77. The second-order valence-corrected chi connectivity index (χ2v) is 9.31. The summed E-state index contributed by atoms with van der Waals surface area (Å²) in [6, 6.07) is 13.6. The predicted molar refractivity (Wildman–Crippen MR) is 127 cm³/mol. The Labute approximate surface area is 195 Å². The van der Waals surface area contributed by atoms with E-state index >= 15 is 0 Å². The van der Waals surface area contributed by atoms with Gasteiger partial charge in [0.05, 0.1) is 32.6 Å². The molecule has 0 bridgehead atoms. The van der Waals surface area contributed by atoms with E-state index in [1.807, 2.05) is 13.0 Å². The standard InChI is InChI=1S/C21H18Cl2N4O4S/c1-13-6-8-18(14(2)10-13)26-32(30,31)20-11-16(27(28)29)7-9-19(20)25-24-12-15-4-3-5-17(22)21(15)23/h3-12,25-26H,1-2H3. The number of rotatable bonds is 7. The van der Waals surface area contributed by atoms with Crippen LogP contribution in [0.15, 0.2) is 64.6 Å². The van der Waals surface area contributed by atoms with Crippen molar-refractivity contribution in [3.63, 3.8) is 0 Å². The summed E-state index contributed by atoms with van der Waals surface area (Å²) in [6.07, 6.45) is 1.36. The third-order valence-corrected chi connectivity index (χ3v) is 6.70. The second-order valence-electron chi connectivity index (χ2n) is 6.87. The number of aryl methyl sites for hydroxylation is 2. The molecule has 0 aromatic heterocycles. The molecule has 0 saturated carbocycles. The van der Waals surface area contributed by atoms with Crippen LogP contribution in [0.1, 0.15) is 16.7 Å². The first-order chi connectivity index (χ1) is 15.1. The summed E-state index contributed by atoms with van der Waals surface area (Å²) in [7, 11) is -4.18. The van der Waals surface area contributed by atoms with Gasteiger partial charge in [-0.25, -0.2) is 8.42 Å². The van der Waals surface area contributed by atoms with E-state index in [4.69, 9.17) is 23.2 Å².